The van der Waals surface area contributed by atoms with Crippen molar-refractivity contribution in [2.24, 2.45) is 0 Å². The van der Waals surface area contributed by atoms with Crippen LogP contribution in [0.3, 0.4) is 0 Å². The molecule has 0 spiro atoms. The van der Waals surface area contributed by atoms with Crippen molar-refractivity contribution in [3.8, 4) is 11.8 Å². The van der Waals surface area contributed by atoms with E-state index < -0.39 is 10.0 Å². The van der Waals surface area contributed by atoms with Crippen molar-refractivity contribution >= 4 is 15.7 Å². The molecular weight excluding hydrogens is 278 g/mol. The zero-order chi connectivity index (χ0) is 15.0. The Balaban J connectivity index is 2.89. The largest absolute Gasteiger partial charge is 0.395 e. The van der Waals surface area contributed by atoms with Gasteiger partial charge in [-0.2, -0.15) is 0 Å². The number of rotatable bonds is 6. The van der Waals surface area contributed by atoms with Crippen LogP contribution in [0.15, 0.2) is 18.2 Å². The van der Waals surface area contributed by atoms with Gasteiger partial charge in [0.25, 0.3) is 0 Å². The number of aliphatic hydroxyl groups is 1. The molecule has 0 aliphatic rings. The summed E-state index contributed by atoms with van der Waals surface area (Å²) in [6.07, 6.45) is 0.392. The molecule has 0 heterocycles. The first kappa shape index (κ1) is 16.5. The molecule has 20 heavy (non-hydrogen) atoms. The van der Waals surface area contributed by atoms with Crippen molar-refractivity contribution in [1.29, 1.82) is 0 Å². The second-order valence-corrected chi connectivity index (χ2v) is 6.12. The van der Waals surface area contributed by atoms with Crippen LogP contribution in [0, 0.1) is 18.8 Å². The fourth-order valence-electron chi connectivity index (χ4n) is 1.56. The first-order valence-electron chi connectivity index (χ1n) is 6.17. The first-order valence-corrected chi connectivity index (χ1v) is 7.83. The molecule has 0 fully saturated rings. The summed E-state index contributed by atoms with van der Waals surface area (Å²) in [6.45, 7) is 2.02. The van der Waals surface area contributed by atoms with Gasteiger partial charge in [0.05, 0.1) is 19.0 Å². The lowest BCUT2D eigenvalue weighted by atomic mass is 10.1. The van der Waals surface area contributed by atoms with E-state index >= 15 is 0 Å². The van der Waals surface area contributed by atoms with Crippen LogP contribution in [0.4, 0.5) is 5.69 Å². The summed E-state index contributed by atoms with van der Waals surface area (Å²) >= 11 is 0. The predicted molar refractivity (Wildman–Crippen MR) is 79.0 cm³/mol. The monoisotopic (exact) mass is 297 g/mol. The highest BCUT2D eigenvalue weighted by atomic mass is 32.2. The van der Waals surface area contributed by atoms with Crippen LogP contribution in [-0.4, -0.2) is 39.6 Å². The Morgan fingerprint density at radius 1 is 1.35 bits per heavy atom. The van der Waals surface area contributed by atoms with E-state index in [1.807, 2.05) is 13.0 Å². The van der Waals surface area contributed by atoms with Gasteiger partial charge in [0.2, 0.25) is 10.0 Å². The van der Waals surface area contributed by atoms with Crippen molar-refractivity contribution in [2.75, 3.05) is 30.8 Å². The number of ether oxygens (including phenoxy) is 1. The van der Waals surface area contributed by atoms with Crippen LogP contribution in [0.25, 0.3) is 0 Å². The quantitative estimate of drug-likeness (QED) is 0.772. The summed E-state index contributed by atoms with van der Waals surface area (Å²) in [5.74, 6) is 5.60. The lowest BCUT2D eigenvalue weighted by molar-refractivity contribution is 0.217. The Morgan fingerprint density at radius 2 is 2.10 bits per heavy atom. The zero-order valence-corrected chi connectivity index (χ0v) is 12.5. The average Bonchev–Trinajstić information content (AvgIpc) is 2.35. The standard InChI is InChI=1S/C14H19NO4S/c1-12-9-13(5-3-4-6-16)11-14(10-12)15-20(17,18)8-7-19-2/h9-11,15-16H,4,6-8H2,1-2H3. The molecule has 1 rings (SSSR count). The minimum Gasteiger partial charge on any atom is -0.395 e. The van der Waals surface area contributed by atoms with Gasteiger partial charge >= 0.3 is 0 Å². The number of nitrogens with one attached hydrogen (secondary N) is 1. The summed E-state index contributed by atoms with van der Waals surface area (Å²) in [4.78, 5) is 0. The molecule has 1 aromatic carbocycles. The van der Waals surface area contributed by atoms with E-state index in [2.05, 4.69) is 16.6 Å². The minimum absolute atomic E-state index is 0.00925. The van der Waals surface area contributed by atoms with Gasteiger partial charge in [0.1, 0.15) is 0 Å². The smallest absolute Gasteiger partial charge is 0.235 e. The maximum Gasteiger partial charge on any atom is 0.235 e. The Hall–Kier alpha value is -1.55. The van der Waals surface area contributed by atoms with Gasteiger partial charge in [-0.15, -0.1) is 0 Å². The number of anilines is 1. The molecule has 0 atom stereocenters. The first-order chi connectivity index (χ1) is 9.46. The van der Waals surface area contributed by atoms with E-state index in [0.29, 0.717) is 17.7 Å². The van der Waals surface area contributed by atoms with Gasteiger partial charge in [-0.05, 0) is 30.7 Å². The molecular formula is C14H19NO4S. The van der Waals surface area contributed by atoms with Crippen LogP contribution in [0.5, 0.6) is 0 Å². The molecule has 6 heteroatoms. The minimum atomic E-state index is -3.42. The molecule has 0 aliphatic carbocycles. The Labute approximate surface area is 120 Å². The van der Waals surface area contributed by atoms with Gasteiger partial charge in [0.15, 0.2) is 0 Å². The summed E-state index contributed by atoms with van der Waals surface area (Å²) in [6, 6.07) is 5.26. The van der Waals surface area contributed by atoms with E-state index in [4.69, 9.17) is 9.84 Å². The van der Waals surface area contributed by atoms with Crippen LogP contribution >= 0.6 is 0 Å². The van der Waals surface area contributed by atoms with Crippen molar-refractivity contribution in [2.45, 2.75) is 13.3 Å². The summed E-state index contributed by atoms with van der Waals surface area (Å²) in [7, 11) is -1.96. The molecule has 0 amide bonds. The molecule has 0 saturated carbocycles. The molecule has 0 radical (unpaired) electrons. The van der Waals surface area contributed by atoms with Gasteiger partial charge < -0.3 is 9.84 Å². The number of aliphatic hydroxyl groups excluding tert-OH is 1. The number of hydrogen-bond donors (Lipinski definition) is 2. The highest BCUT2D eigenvalue weighted by Crippen LogP contribution is 2.15. The Kier molecular flexibility index (Phi) is 6.52. The van der Waals surface area contributed by atoms with E-state index in [1.54, 1.807) is 12.1 Å². The van der Waals surface area contributed by atoms with Crippen LogP contribution in [0.2, 0.25) is 0 Å². The van der Waals surface area contributed by atoms with Gasteiger partial charge in [-0.1, -0.05) is 11.8 Å². The second-order valence-electron chi connectivity index (χ2n) is 4.28. The van der Waals surface area contributed by atoms with Gasteiger partial charge in [-0.25, -0.2) is 8.42 Å². The van der Waals surface area contributed by atoms with Crippen molar-refractivity contribution in [3.05, 3.63) is 29.3 Å². The number of sulfonamides is 1. The number of methoxy groups -OCH3 is 1. The summed E-state index contributed by atoms with van der Waals surface area (Å²) in [5.41, 5.74) is 2.10. The maximum absolute atomic E-state index is 11.8. The van der Waals surface area contributed by atoms with E-state index in [1.165, 1.54) is 7.11 Å². The lowest BCUT2D eigenvalue weighted by Gasteiger charge is -2.09. The SMILES string of the molecule is COCCS(=O)(=O)Nc1cc(C)cc(C#CCCO)c1. The molecule has 1 aromatic rings. The molecule has 0 saturated heterocycles. The van der Waals surface area contributed by atoms with Gasteiger partial charge in [0, 0.05) is 24.8 Å². The van der Waals surface area contributed by atoms with Crippen LogP contribution in [-0.2, 0) is 14.8 Å². The molecule has 0 unspecified atom stereocenters. The predicted octanol–water partition coefficient (Wildman–Crippen LogP) is 1.12. The number of aryl methyl sites for hydroxylation is 1. The average molecular weight is 297 g/mol. The second kappa shape index (κ2) is 7.90. The third kappa shape index (κ3) is 6.06. The number of benzene rings is 1. The molecule has 5 nitrogen and oxygen atoms in total. The molecule has 110 valence electrons. The lowest BCUT2D eigenvalue weighted by Crippen LogP contribution is -2.19. The Morgan fingerprint density at radius 3 is 2.75 bits per heavy atom. The van der Waals surface area contributed by atoms with Crippen molar-refractivity contribution in [3.63, 3.8) is 0 Å². The molecule has 2 N–H and O–H groups in total. The fourth-order valence-corrected chi connectivity index (χ4v) is 2.52. The van der Waals surface area contributed by atoms with Crippen molar-refractivity contribution in [1.82, 2.24) is 0 Å². The molecule has 0 aromatic heterocycles. The van der Waals surface area contributed by atoms with E-state index in [9.17, 15) is 8.42 Å². The highest BCUT2D eigenvalue weighted by Gasteiger charge is 2.10. The normalized spacial score (nSPS) is 10.8. The van der Waals surface area contributed by atoms with Gasteiger partial charge in [-0.3, -0.25) is 4.72 Å². The maximum atomic E-state index is 11.8. The highest BCUT2D eigenvalue weighted by molar-refractivity contribution is 7.92. The fraction of sp³-hybridized carbons (Fsp3) is 0.429. The van der Waals surface area contributed by atoms with E-state index in [0.717, 1.165) is 5.56 Å². The van der Waals surface area contributed by atoms with Crippen molar-refractivity contribution < 1.29 is 18.3 Å². The molecule has 0 aliphatic heterocycles. The topological polar surface area (TPSA) is 75.6 Å². The zero-order valence-electron chi connectivity index (χ0n) is 11.6. The summed E-state index contributed by atoms with van der Waals surface area (Å²) < 4.78 is 30.8. The van der Waals surface area contributed by atoms with E-state index in [-0.39, 0.29) is 19.0 Å². The molecule has 0 bridgehead atoms. The van der Waals surface area contributed by atoms with Crippen LogP contribution < -0.4 is 4.72 Å². The number of hydrogen-bond acceptors (Lipinski definition) is 4. The third-order valence-electron chi connectivity index (χ3n) is 2.38. The Bertz CT molecular complexity index is 599. The summed E-state index contributed by atoms with van der Waals surface area (Å²) in [5, 5.41) is 8.68. The third-order valence-corrected chi connectivity index (χ3v) is 3.63. The van der Waals surface area contributed by atoms with Crippen LogP contribution in [0.1, 0.15) is 17.5 Å².